The maximum atomic E-state index is 11.4. The van der Waals surface area contributed by atoms with Crippen LogP contribution in [-0.4, -0.2) is 66.8 Å². The van der Waals surface area contributed by atoms with Gasteiger partial charge in [0.05, 0.1) is 16.7 Å². The van der Waals surface area contributed by atoms with E-state index in [-0.39, 0.29) is 38.2 Å². The predicted molar refractivity (Wildman–Crippen MR) is 230 cm³/mol. The third-order valence-electron chi connectivity index (χ3n) is 11.4. The molecule has 1 heterocycles. The summed E-state index contributed by atoms with van der Waals surface area (Å²) in [5, 5.41) is 24.5. The van der Waals surface area contributed by atoms with E-state index in [1.807, 2.05) is 60.7 Å². The predicted octanol–water partition coefficient (Wildman–Crippen LogP) is 3.71. The van der Waals surface area contributed by atoms with Crippen LogP contribution in [0.5, 0.6) is 11.5 Å². The summed E-state index contributed by atoms with van der Waals surface area (Å²) in [7, 11) is 41.3. The van der Waals surface area contributed by atoms with E-state index < -0.39 is 11.5 Å². The summed E-state index contributed by atoms with van der Waals surface area (Å²) >= 11 is 0. The number of aryl methyl sites for hydroxylation is 1. The van der Waals surface area contributed by atoms with Gasteiger partial charge in [-0.15, -0.1) is 10.9 Å². The molecule has 10 heteroatoms. The molecule has 0 fully saturated rings. The minimum atomic E-state index is -0.549. The van der Waals surface area contributed by atoms with Crippen molar-refractivity contribution in [2.45, 2.75) is 32.6 Å². The maximum absolute atomic E-state index is 11.4. The quantitative estimate of drug-likeness (QED) is 0.169. The molecule has 8 aromatic rings. The summed E-state index contributed by atoms with van der Waals surface area (Å²) in [6.45, 7) is 6.45. The molecule has 9 rings (SSSR count). The minimum Gasteiger partial charge on any atom is -0.505 e. The van der Waals surface area contributed by atoms with Gasteiger partial charge in [0.15, 0.2) is 0 Å². The first-order valence-electron chi connectivity index (χ1n) is 17.8. The first-order chi connectivity index (χ1) is 25.9. The van der Waals surface area contributed by atoms with Crippen molar-refractivity contribution in [3.63, 3.8) is 0 Å². The van der Waals surface area contributed by atoms with Crippen molar-refractivity contribution < 1.29 is 10.2 Å². The number of phenolic OH excluding ortho intramolecular Hbond substituents is 2. The molecule has 0 saturated heterocycles. The molecule has 0 unspecified atom stereocenters. The van der Waals surface area contributed by atoms with Crippen molar-refractivity contribution in [3.8, 4) is 50.6 Å². The largest absolute Gasteiger partial charge is 0.505 e. The zero-order valence-corrected chi connectivity index (χ0v) is 30.1. The van der Waals surface area contributed by atoms with E-state index in [9.17, 15) is 10.2 Å². The van der Waals surface area contributed by atoms with Crippen molar-refractivity contribution in [2.75, 3.05) is 0 Å². The molecule has 1 aromatic heterocycles. The Kier molecular flexibility index (Phi) is 7.63. The lowest BCUT2D eigenvalue weighted by atomic mass is 9.61. The lowest BCUT2D eigenvalue weighted by Gasteiger charge is -2.29. The molecule has 1 aliphatic rings. The molecule has 7 aromatic carbocycles. The second kappa shape index (κ2) is 12.0. The highest BCUT2D eigenvalue weighted by Gasteiger charge is 2.36. The Bertz CT molecular complexity index is 2870. The van der Waals surface area contributed by atoms with E-state index in [4.69, 9.17) is 52.1 Å². The zero-order valence-electron chi connectivity index (χ0n) is 30.1. The maximum Gasteiger partial charge on any atom is 0.150 e. The van der Waals surface area contributed by atoms with E-state index in [0.29, 0.717) is 44.7 Å². The normalized spacial score (nSPS) is 13.2. The number of hydrogen-bond acceptors (Lipinski definition) is 3. The summed E-state index contributed by atoms with van der Waals surface area (Å²) in [4.78, 5) is 4.95. The smallest absolute Gasteiger partial charge is 0.150 e. The van der Waals surface area contributed by atoms with E-state index in [1.54, 1.807) is 0 Å². The highest BCUT2D eigenvalue weighted by Crippen LogP contribution is 2.51. The number of aromatic hydroxyl groups is 2. The fourth-order valence-electron chi connectivity index (χ4n) is 8.76. The Morgan fingerprint density at radius 1 is 0.574 bits per heavy atom. The monoisotopic (exact) mass is 682 g/mol. The van der Waals surface area contributed by atoms with Crippen molar-refractivity contribution >= 4 is 112 Å². The van der Waals surface area contributed by atoms with E-state index >= 15 is 0 Å². The fourth-order valence-corrected chi connectivity index (χ4v) is 8.76. The van der Waals surface area contributed by atoms with Crippen LogP contribution in [0.25, 0.3) is 71.6 Å². The van der Waals surface area contributed by atoms with Gasteiger partial charge in [0, 0.05) is 17.4 Å². The second-order valence-electron chi connectivity index (χ2n) is 14.6. The molecule has 1 aliphatic carbocycles. The summed E-state index contributed by atoms with van der Waals surface area (Å²) in [6.07, 6.45) is 0.643. The van der Waals surface area contributed by atoms with E-state index in [0.717, 1.165) is 44.8 Å². The van der Waals surface area contributed by atoms with Gasteiger partial charge in [0.2, 0.25) is 0 Å². The van der Waals surface area contributed by atoms with Crippen molar-refractivity contribution in [2.24, 2.45) is 0 Å². The van der Waals surface area contributed by atoms with Crippen LogP contribution in [0.15, 0.2) is 91.0 Å². The fraction of sp³-hybridized carbons (Fsp3) is 0.114. The van der Waals surface area contributed by atoms with Crippen LogP contribution in [0, 0.1) is 0 Å². The molecule has 0 aliphatic heterocycles. The molecule has 0 amide bonds. The highest BCUT2D eigenvalue weighted by atomic mass is 16.3. The first-order valence-corrected chi connectivity index (χ1v) is 17.8. The van der Waals surface area contributed by atoms with Gasteiger partial charge in [-0.05, 0) is 95.7 Å². The van der Waals surface area contributed by atoms with E-state index in [1.165, 1.54) is 5.56 Å². The lowest BCUT2D eigenvalue weighted by Crippen LogP contribution is -2.48. The highest BCUT2D eigenvalue weighted by molar-refractivity contribution is 6.68. The van der Waals surface area contributed by atoms with Crippen LogP contribution in [0.1, 0.15) is 37.7 Å². The zero-order chi connectivity index (χ0) is 38.0. The Balaban J connectivity index is 1.51. The Hall–Kier alpha value is -5.48. The van der Waals surface area contributed by atoms with Gasteiger partial charge in [-0.25, -0.2) is 4.98 Å². The van der Waals surface area contributed by atoms with Crippen LogP contribution in [-0.2, 0) is 11.8 Å². The molecule has 244 valence electrons. The van der Waals surface area contributed by atoms with Crippen LogP contribution >= 0.6 is 0 Å². The molecule has 0 saturated carbocycles. The van der Waals surface area contributed by atoms with Gasteiger partial charge in [-0.3, -0.25) is 4.57 Å². The van der Waals surface area contributed by atoms with Gasteiger partial charge in [-0.2, -0.15) is 0 Å². The SMILES string of the molecule is [B]c1c([B])c([B])c2c(-c3ccccc3-n3c(CC)nc4ccccc43)c3c([B])c(O)c(O)c([B])c3c(-c3ccc4c(c3)C(C)(C)c3ccccc3-4)c2c1[B]. The topological polar surface area (TPSA) is 58.3 Å². The van der Waals surface area contributed by atoms with Crippen LogP contribution in [0.2, 0.25) is 0 Å². The minimum absolute atomic E-state index is 0.0777. The molecular weight excluding hydrogens is 653 g/mol. The molecule has 4 nitrogen and oxygen atoms in total. The Morgan fingerprint density at radius 3 is 1.80 bits per heavy atom. The number of nitrogens with zero attached hydrogens (tertiary/aromatic N) is 2. The van der Waals surface area contributed by atoms with Crippen LogP contribution in [0.4, 0.5) is 0 Å². The average molecular weight is 682 g/mol. The molecule has 2 N–H and O–H groups in total. The molecule has 0 spiro atoms. The molecule has 0 atom stereocenters. The number of aromatic nitrogens is 2. The first kappa shape index (κ1) is 34.3. The van der Waals surface area contributed by atoms with Gasteiger partial charge >= 0.3 is 0 Å². The Labute approximate surface area is 322 Å². The number of benzene rings is 7. The average Bonchev–Trinajstić information content (AvgIpc) is 3.68. The van der Waals surface area contributed by atoms with Crippen molar-refractivity contribution in [1.82, 2.24) is 9.55 Å². The molecule has 0 bridgehead atoms. The summed E-state index contributed by atoms with van der Waals surface area (Å²) in [5.74, 6) is -0.260. The van der Waals surface area contributed by atoms with E-state index in [2.05, 4.69) is 55.7 Å². The number of rotatable bonds is 4. The summed E-state index contributed by atoms with van der Waals surface area (Å²) in [6, 6.07) is 30.3. The standard InChI is InChI=1S/C44H28B6N2O2/c1-4-29-51-26-14-8-10-16-28(26)52(29)27-15-9-6-12-23(27)31-34-32(36(45)40(49)41(50)37(34)46)30(33-35(31)39(48)43(54)42(53)38(33)47)20-17-18-22-21-11-5-7-13-24(21)44(2,3)25(22)19-20/h5-19,53-54H,4H2,1-3H3. The summed E-state index contributed by atoms with van der Waals surface area (Å²) in [5.41, 5.74) is 9.72. The Morgan fingerprint density at radius 2 is 1.11 bits per heavy atom. The molecule has 54 heavy (non-hydrogen) atoms. The van der Waals surface area contributed by atoms with Crippen molar-refractivity contribution in [1.29, 1.82) is 0 Å². The molecular formula is C44H28B6N2O2. The van der Waals surface area contributed by atoms with Crippen molar-refractivity contribution in [3.05, 3.63) is 108 Å². The second-order valence-corrected chi connectivity index (χ2v) is 14.6. The summed E-state index contributed by atoms with van der Waals surface area (Å²) < 4.78 is 2.11. The molecule has 12 radical (unpaired) electrons. The number of phenols is 2. The number of fused-ring (bicyclic) bond motifs is 6. The van der Waals surface area contributed by atoms with Gasteiger partial charge in [0.1, 0.15) is 64.4 Å². The number of para-hydroxylation sites is 3. The van der Waals surface area contributed by atoms with Gasteiger partial charge in [-0.1, -0.05) is 98.4 Å². The number of imidazole rings is 1. The lowest BCUT2D eigenvalue weighted by molar-refractivity contribution is 0.410. The number of hydrogen-bond donors (Lipinski definition) is 2. The van der Waals surface area contributed by atoms with Crippen LogP contribution in [0.3, 0.4) is 0 Å². The van der Waals surface area contributed by atoms with Gasteiger partial charge < -0.3 is 10.2 Å². The third-order valence-corrected chi connectivity index (χ3v) is 11.4. The third kappa shape index (κ3) is 4.49. The van der Waals surface area contributed by atoms with Crippen LogP contribution < -0.4 is 32.8 Å². The van der Waals surface area contributed by atoms with Gasteiger partial charge in [0.25, 0.3) is 0 Å².